The number of fused-ring (bicyclic) bond motifs is 3. The Hall–Kier alpha value is -4.21. The van der Waals surface area contributed by atoms with Crippen molar-refractivity contribution in [1.29, 1.82) is 0 Å². The minimum Gasteiger partial charge on any atom is -0.465 e. The zero-order valence-corrected chi connectivity index (χ0v) is 17.0. The van der Waals surface area contributed by atoms with Gasteiger partial charge in [0.15, 0.2) is 5.82 Å². The normalized spacial score (nSPS) is 19.6. The highest BCUT2D eigenvalue weighted by atomic mass is 16.4. The number of anilines is 3. The van der Waals surface area contributed by atoms with Crippen molar-refractivity contribution in [3.8, 4) is 5.69 Å². The maximum absolute atomic E-state index is 11.4. The molecule has 1 aromatic carbocycles. The molecule has 5 heterocycles. The fourth-order valence-electron chi connectivity index (χ4n) is 4.75. The lowest BCUT2D eigenvalue weighted by Gasteiger charge is -2.34. The van der Waals surface area contributed by atoms with Crippen LogP contribution in [0.2, 0.25) is 0 Å². The quantitative estimate of drug-likeness (QED) is 0.510. The van der Waals surface area contributed by atoms with Crippen molar-refractivity contribution in [2.75, 3.05) is 23.3 Å². The maximum Gasteiger partial charge on any atom is 0.407 e. The summed E-state index contributed by atoms with van der Waals surface area (Å²) < 4.78 is 1.86. The average Bonchev–Trinajstić information content (AvgIpc) is 3.53. The number of hydrogen-bond donors (Lipinski definition) is 2. The fraction of sp³-hybridized carbons (Fsp3) is 0.227. The second kappa shape index (κ2) is 7.19. The number of benzene rings is 1. The molecule has 0 saturated carbocycles. The molecule has 160 valence electrons. The Bertz CT molecular complexity index is 1310. The van der Waals surface area contributed by atoms with Crippen molar-refractivity contribution >= 4 is 34.3 Å². The van der Waals surface area contributed by atoms with E-state index in [0.717, 1.165) is 28.7 Å². The number of amides is 1. The van der Waals surface area contributed by atoms with Crippen LogP contribution in [-0.2, 0) is 0 Å². The lowest BCUT2D eigenvalue weighted by molar-refractivity contribution is 0.137. The van der Waals surface area contributed by atoms with Crippen LogP contribution in [0.1, 0.15) is 6.42 Å². The predicted octanol–water partition coefficient (Wildman–Crippen LogP) is 2.90. The molecule has 10 heteroatoms. The number of carboxylic acid groups (broad SMARTS) is 1. The summed E-state index contributed by atoms with van der Waals surface area (Å²) >= 11 is 0. The predicted molar refractivity (Wildman–Crippen MR) is 118 cm³/mol. The van der Waals surface area contributed by atoms with Crippen molar-refractivity contribution in [3.05, 3.63) is 61.3 Å². The molecular formula is C22H20N8O2. The van der Waals surface area contributed by atoms with E-state index in [0.29, 0.717) is 24.7 Å². The Morgan fingerprint density at radius 1 is 1.03 bits per heavy atom. The molecule has 0 unspecified atom stereocenters. The molecule has 4 aromatic rings. The summed E-state index contributed by atoms with van der Waals surface area (Å²) in [6.07, 6.45) is 8.54. The van der Waals surface area contributed by atoms with E-state index in [1.165, 1.54) is 0 Å². The number of nitrogens with one attached hydrogen (secondary N) is 1. The van der Waals surface area contributed by atoms with Crippen LogP contribution < -0.4 is 10.2 Å². The van der Waals surface area contributed by atoms with Gasteiger partial charge in [-0.2, -0.15) is 0 Å². The molecule has 3 aromatic heterocycles. The van der Waals surface area contributed by atoms with Gasteiger partial charge < -0.3 is 20.2 Å². The van der Waals surface area contributed by atoms with Crippen LogP contribution in [0.15, 0.2) is 61.3 Å². The third-order valence-corrected chi connectivity index (χ3v) is 6.17. The van der Waals surface area contributed by atoms with Crippen molar-refractivity contribution in [2.24, 2.45) is 0 Å². The summed E-state index contributed by atoms with van der Waals surface area (Å²) in [5, 5.41) is 18.4. The zero-order valence-electron chi connectivity index (χ0n) is 17.0. The standard InChI is InChI=1S/C22H20N8O2/c31-22(32)29-13-16-8-17(29)12-28(16)14-7-15(10-24-9-14)30-19-4-2-1-3-18(19)21(27-30)26-20-11-23-5-6-25-20/h1-7,9-11,16-17H,8,12-13H2,(H,31,32)(H,25,26,27)/t16-,17-/m0/s1. The second-order valence-electron chi connectivity index (χ2n) is 8.03. The molecule has 32 heavy (non-hydrogen) atoms. The largest absolute Gasteiger partial charge is 0.465 e. The van der Waals surface area contributed by atoms with Gasteiger partial charge in [0.2, 0.25) is 0 Å². The third kappa shape index (κ3) is 2.99. The first kappa shape index (κ1) is 18.6. The van der Waals surface area contributed by atoms with Gasteiger partial charge in [-0.15, -0.1) is 5.10 Å². The van der Waals surface area contributed by atoms with Gasteiger partial charge in [0.1, 0.15) is 5.82 Å². The van der Waals surface area contributed by atoms with E-state index in [9.17, 15) is 9.90 Å². The molecule has 2 N–H and O–H groups in total. The number of carbonyl (C=O) groups is 1. The first-order valence-corrected chi connectivity index (χ1v) is 10.4. The van der Waals surface area contributed by atoms with Crippen molar-refractivity contribution in [2.45, 2.75) is 18.5 Å². The van der Waals surface area contributed by atoms with Crippen LogP contribution in [0.5, 0.6) is 0 Å². The molecule has 6 rings (SSSR count). The maximum atomic E-state index is 11.4. The van der Waals surface area contributed by atoms with E-state index >= 15 is 0 Å². The van der Waals surface area contributed by atoms with Gasteiger partial charge in [0, 0.05) is 36.9 Å². The van der Waals surface area contributed by atoms with Crippen LogP contribution in [0.4, 0.5) is 22.1 Å². The molecule has 0 aliphatic carbocycles. The SMILES string of the molecule is O=C(O)N1C[C@@H]2C[C@H]1CN2c1cncc(-n2nc(Nc3cnccn3)c3ccccc32)c1. The summed E-state index contributed by atoms with van der Waals surface area (Å²) in [6, 6.07) is 10.2. The second-order valence-corrected chi connectivity index (χ2v) is 8.03. The number of likely N-dealkylation sites (tertiary alicyclic amines) is 1. The summed E-state index contributed by atoms with van der Waals surface area (Å²) in [5.41, 5.74) is 2.75. The number of pyridine rings is 1. The number of rotatable bonds is 4. The Labute approximate surface area is 183 Å². The molecule has 10 nitrogen and oxygen atoms in total. The molecule has 2 atom stereocenters. The van der Waals surface area contributed by atoms with Crippen LogP contribution in [0.25, 0.3) is 16.6 Å². The molecule has 2 aliphatic heterocycles. The van der Waals surface area contributed by atoms with Crippen molar-refractivity contribution < 1.29 is 9.90 Å². The van der Waals surface area contributed by atoms with Crippen LogP contribution in [0.3, 0.4) is 0 Å². The molecular weight excluding hydrogens is 408 g/mol. The number of nitrogens with zero attached hydrogens (tertiary/aromatic N) is 7. The summed E-state index contributed by atoms with van der Waals surface area (Å²) in [4.78, 5) is 28.1. The van der Waals surface area contributed by atoms with E-state index < -0.39 is 6.09 Å². The van der Waals surface area contributed by atoms with E-state index in [4.69, 9.17) is 5.10 Å². The Kier molecular flexibility index (Phi) is 4.17. The molecule has 2 bridgehead atoms. The minimum absolute atomic E-state index is 0.0366. The highest BCUT2D eigenvalue weighted by molar-refractivity contribution is 5.92. The molecule has 0 radical (unpaired) electrons. The van der Waals surface area contributed by atoms with Crippen molar-refractivity contribution in [1.82, 2.24) is 29.6 Å². The molecule has 1 amide bonds. The summed E-state index contributed by atoms with van der Waals surface area (Å²) in [7, 11) is 0. The fourth-order valence-corrected chi connectivity index (χ4v) is 4.75. The first-order valence-electron chi connectivity index (χ1n) is 10.4. The number of para-hydroxylation sites is 1. The van der Waals surface area contributed by atoms with Gasteiger partial charge in [-0.25, -0.2) is 14.5 Å². The lowest BCUT2D eigenvalue weighted by Crippen LogP contribution is -2.48. The molecule has 2 fully saturated rings. The van der Waals surface area contributed by atoms with E-state index in [-0.39, 0.29) is 12.1 Å². The Morgan fingerprint density at radius 2 is 1.91 bits per heavy atom. The highest BCUT2D eigenvalue weighted by Gasteiger charge is 2.45. The average molecular weight is 428 g/mol. The smallest absolute Gasteiger partial charge is 0.407 e. The number of hydrogen-bond acceptors (Lipinski definition) is 7. The van der Waals surface area contributed by atoms with E-state index in [1.807, 2.05) is 35.1 Å². The zero-order chi connectivity index (χ0) is 21.7. The van der Waals surface area contributed by atoms with E-state index in [1.54, 1.807) is 29.7 Å². The topological polar surface area (TPSA) is 112 Å². The van der Waals surface area contributed by atoms with Crippen LogP contribution in [0, 0.1) is 0 Å². The summed E-state index contributed by atoms with van der Waals surface area (Å²) in [5.74, 6) is 1.30. The number of piperazine rings is 1. The monoisotopic (exact) mass is 428 g/mol. The van der Waals surface area contributed by atoms with Gasteiger partial charge in [0.25, 0.3) is 0 Å². The summed E-state index contributed by atoms with van der Waals surface area (Å²) in [6.45, 7) is 1.21. The number of aromatic nitrogens is 5. The lowest BCUT2D eigenvalue weighted by atomic mass is 10.2. The minimum atomic E-state index is -0.838. The molecule has 2 saturated heterocycles. The van der Waals surface area contributed by atoms with Crippen LogP contribution in [-0.4, -0.2) is 66.0 Å². The Morgan fingerprint density at radius 3 is 2.69 bits per heavy atom. The first-order chi connectivity index (χ1) is 15.7. The van der Waals surface area contributed by atoms with Gasteiger partial charge in [0.05, 0.1) is 41.5 Å². The van der Waals surface area contributed by atoms with Crippen LogP contribution >= 0.6 is 0 Å². The van der Waals surface area contributed by atoms with Gasteiger partial charge in [-0.1, -0.05) is 12.1 Å². The molecule has 2 aliphatic rings. The van der Waals surface area contributed by atoms with Crippen molar-refractivity contribution in [3.63, 3.8) is 0 Å². The third-order valence-electron chi connectivity index (χ3n) is 6.17. The Balaban J connectivity index is 1.35. The molecule has 0 spiro atoms. The van der Waals surface area contributed by atoms with Gasteiger partial charge in [-0.3, -0.25) is 9.97 Å². The van der Waals surface area contributed by atoms with Gasteiger partial charge in [-0.05, 0) is 24.6 Å². The van der Waals surface area contributed by atoms with Gasteiger partial charge >= 0.3 is 6.09 Å². The highest BCUT2D eigenvalue weighted by Crippen LogP contribution is 2.35. The van der Waals surface area contributed by atoms with E-state index in [2.05, 4.69) is 31.2 Å².